The van der Waals surface area contributed by atoms with Gasteiger partial charge in [0, 0.05) is 5.33 Å². The summed E-state index contributed by atoms with van der Waals surface area (Å²) in [5.74, 6) is 0.860. The minimum absolute atomic E-state index is 0.860. The molecule has 0 atom stereocenters. The normalized spacial score (nSPS) is 11.6. The fourth-order valence-electron chi connectivity index (χ4n) is 1.10. The van der Waals surface area contributed by atoms with E-state index in [0.29, 0.717) is 0 Å². The summed E-state index contributed by atoms with van der Waals surface area (Å²) in [4.78, 5) is 0. The second-order valence-electron chi connectivity index (χ2n) is 3.02. The van der Waals surface area contributed by atoms with Crippen LogP contribution < -0.4 is 4.74 Å². The highest BCUT2D eigenvalue weighted by Gasteiger charge is 1.99. The van der Waals surface area contributed by atoms with E-state index in [0.717, 1.165) is 15.6 Å². The van der Waals surface area contributed by atoms with Crippen LogP contribution in [0.4, 0.5) is 0 Å². The van der Waals surface area contributed by atoms with Gasteiger partial charge in [0.15, 0.2) is 0 Å². The molecule has 0 fully saturated rings. The summed E-state index contributed by atoms with van der Waals surface area (Å²) >= 11 is 6.87. The Morgan fingerprint density at radius 2 is 2.21 bits per heavy atom. The van der Waals surface area contributed by atoms with Crippen LogP contribution in [0.5, 0.6) is 5.75 Å². The molecular weight excluding hydrogens is 308 g/mol. The number of rotatable bonds is 3. The van der Waals surface area contributed by atoms with Crippen molar-refractivity contribution < 1.29 is 4.74 Å². The Bertz CT molecular complexity index is 345. The lowest BCUT2D eigenvalue weighted by Gasteiger charge is -2.04. The summed E-state index contributed by atoms with van der Waals surface area (Å²) in [6.07, 6.45) is 2.14. The topological polar surface area (TPSA) is 9.23 Å². The Morgan fingerprint density at radius 1 is 1.50 bits per heavy atom. The summed E-state index contributed by atoms with van der Waals surface area (Å²) in [6.45, 7) is 2.09. The van der Waals surface area contributed by atoms with Gasteiger partial charge in [-0.2, -0.15) is 0 Å². The molecule has 0 amide bonds. The van der Waals surface area contributed by atoms with Crippen LogP contribution in [-0.2, 0) is 0 Å². The Labute approximate surface area is 101 Å². The molecule has 0 saturated heterocycles. The van der Waals surface area contributed by atoms with Crippen molar-refractivity contribution in [3.05, 3.63) is 33.8 Å². The Morgan fingerprint density at radius 3 is 2.71 bits per heavy atom. The maximum absolute atomic E-state index is 5.15. The number of allylic oxidation sites excluding steroid dienone is 1. The molecule has 14 heavy (non-hydrogen) atoms. The summed E-state index contributed by atoms with van der Waals surface area (Å²) in [5, 5.41) is 0.899. The van der Waals surface area contributed by atoms with Gasteiger partial charge in [0.1, 0.15) is 5.75 Å². The molecule has 1 rings (SSSR count). The average Bonchev–Trinajstić information content (AvgIpc) is 2.18. The molecule has 0 aliphatic heterocycles. The minimum atomic E-state index is 0.860. The lowest BCUT2D eigenvalue weighted by Crippen LogP contribution is -1.85. The number of ether oxygens (including phenoxy) is 1. The summed E-state index contributed by atoms with van der Waals surface area (Å²) in [7, 11) is 1.67. The monoisotopic (exact) mass is 318 g/mol. The molecule has 0 heterocycles. The summed E-state index contributed by atoms with van der Waals surface area (Å²) in [5.41, 5.74) is 2.47. The molecule has 0 saturated carbocycles. The number of halogens is 2. The molecule has 0 aliphatic rings. The highest BCUT2D eigenvalue weighted by Crippen LogP contribution is 2.26. The zero-order chi connectivity index (χ0) is 10.6. The molecule has 3 heteroatoms. The Balaban J connectivity index is 2.97. The van der Waals surface area contributed by atoms with Crippen LogP contribution in [-0.4, -0.2) is 12.4 Å². The lowest BCUT2D eigenvalue weighted by atomic mass is 10.1. The van der Waals surface area contributed by atoms with Gasteiger partial charge in [-0.15, -0.1) is 0 Å². The van der Waals surface area contributed by atoms with Crippen molar-refractivity contribution >= 4 is 37.9 Å². The zero-order valence-electron chi connectivity index (χ0n) is 8.18. The molecule has 0 unspecified atom stereocenters. The van der Waals surface area contributed by atoms with E-state index in [1.165, 1.54) is 11.1 Å². The van der Waals surface area contributed by atoms with E-state index in [2.05, 4.69) is 44.9 Å². The van der Waals surface area contributed by atoms with Gasteiger partial charge in [-0.25, -0.2) is 0 Å². The van der Waals surface area contributed by atoms with E-state index in [9.17, 15) is 0 Å². The quantitative estimate of drug-likeness (QED) is 0.757. The Kier molecular flexibility index (Phi) is 4.69. The first kappa shape index (κ1) is 11.8. The SMILES string of the molecule is COc1ccc(C=C(C)CBr)cc1Br. The van der Waals surface area contributed by atoms with Crippen molar-refractivity contribution in [3.63, 3.8) is 0 Å². The number of hydrogen-bond donors (Lipinski definition) is 0. The van der Waals surface area contributed by atoms with E-state index in [4.69, 9.17) is 4.74 Å². The predicted molar refractivity (Wildman–Crippen MR) is 68.1 cm³/mol. The van der Waals surface area contributed by atoms with E-state index < -0.39 is 0 Å². The largest absolute Gasteiger partial charge is 0.496 e. The minimum Gasteiger partial charge on any atom is -0.496 e. The standard InChI is InChI=1S/C11H12Br2O/c1-8(7-12)5-9-3-4-11(14-2)10(13)6-9/h3-6H,7H2,1-2H3. The predicted octanol–water partition coefficient (Wildman–Crippen LogP) is 4.26. The van der Waals surface area contributed by atoms with E-state index >= 15 is 0 Å². The van der Waals surface area contributed by atoms with Gasteiger partial charge in [-0.1, -0.05) is 33.6 Å². The van der Waals surface area contributed by atoms with Crippen LogP contribution in [0.2, 0.25) is 0 Å². The fourth-order valence-corrected chi connectivity index (χ4v) is 1.82. The number of alkyl halides is 1. The van der Waals surface area contributed by atoms with Crippen molar-refractivity contribution in [2.45, 2.75) is 6.92 Å². The van der Waals surface area contributed by atoms with Gasteiger partial charge < -0.3 is 4.74 Å². The first-order valence-electron chi connectivity index (χ1n) is 4.24. The summed E-state index contributed by atoms with van der Waals surface area (Å²) in [6, 6.07) is 6.04. The van der Waals surface area contributed by atoms with Gasteiger partial charge in [0.05, 0.1) is 11.6 Å². The molecule has 0 spiro atoms. The first-order valence-corrected chi connectivity index (χ1v) is 6.15. The number of methoxy groups -OCH3 is 1. The average molecular weight is 320 g/mol. The van der Waals surface area contributed by atoms with Crippen LogP contribution in [0.25, 0.3) is 6.08 Å². The number of benzene rings is 1. The maximum atomic E-state index is 5.15. The van der Waals surface area contributed by atoms with Crippen LogP contribution >= 0.6 is 31.9 Å². The molecule has 0 aliphatic carbocycles. The molecule has 1 aromatic carbocycles. The number of hydrogen-bond acceptors (Lipinski definition) is 1. The van der Waals surface area contributed by atoms with E-state index in [1.54, 1.807) is 7.11 Å². The van der Waals surface area contributed by atoms with E-state index in [-0.39, 0.29) is 0 Å². The Hall–Kier alpha value is -0.280. The zero-order valence-corrected chi connectivity index (χ0v) is 11.4. The van der Waals surface area contributed by atoms with Crippen LogP contribution in [0.3, 0.4) is 0 Å². The van der Waals surface area contributed by atoms with E-state index in [1.807, 2.05) is 18.2 Å². The molecule has 0 bridgehead atoms. The molecular formula is C11H12Br2O. The van der Waals surface area contributed by atoms with Crippen molar-refractivity contribution in [1.82, 2.24) is 0 Å². The molecule has 0 N–H and O–H groups in total. The molecule has 1 nitrogen and oxygen atoms in total. The summed E-state index contributed by atoms with van der Waals surface area (Å²) < 4.78 is 6.14. The van der Waals surface area contributed by atoms with Crippen LogP contribution in [0.15, 0.2) is 28.2 Å². The molecule has 0 radical (unpaired) electrons. The maximum Gasteiger partial charge on any atom is 0.133 e. The van der Waals surface area contributed by atoms with Crippen LogP contribution in [0.1, 0.15) is 12.5 Å². The highest BCUT2D eigenvalue weighted by molar-refractivity contribution is 9.10. The van der Waals surface area contributed by atoms with Gasteiger partial charge >= 0.3 is 0 Å². The van der Waals surface area contributed by atoms with Gasteiger partial charge in [-0.05, 0) is 40.5 Å². The second kappa shape index (κ2) is 5.56. The molecule has 1 aromatic rings. The third-order valence-corrected chi connectivity index (χ3v) is 3.30. The smallest absolute Gasteiger partial charge is 0.133 e. The van der Waals surface area contributed by atoms with Crippen molar-refractivity contribution in [1.29, 1.82) is 0 Å². The third-order valence-electron chi connectivity index (χ3n) is 1.80. The second-order valence-corrected chi connectivity index (χ2v) is 4.43. The first-order chi connectivity index (χ1) is 6.67. The molecule has 0 aromatic heterocycles. The molecule has 76 valence electrons. The van der Waals surface area contributed by atoms with Crippen molar-refractivity contribution in [2.75, 3.05) is 12.4 Å². The third kappa shape index (κ3) is 3.14. The van der Waals surface area contributed by atoms with Crippen molar-refractivity contribution in [2.24, 2.45) is 0 Å². The lowest BCUT2D eigenvalue weighted by molar-refractivity contribution is 0.412. The van der Waals surface area contributed by atoms with Gasteiger partial charge in [0.2, 0.25) is 0 Å². The van der Waals surface area contributed by atoms with Crippen molar-refractivity contribution in [3.8, 4) is 5.75 Å². The highest BCUT2D eigenvalue weighted by atomic mass is 79.9. The fraction of sp³-hybridized carbons (Fsp3) is 0.273. The van der Waals surface area contributed by atoms with Gasteiger partial charge in [-0.3, -0.25) is 0 Å². The van der Waals surface area contributed by atoms with Crippen LogP contribution in [0, 0.1) is 0 Å². The van der Waals surface area contributed by atoms with Gasteiger partial charge in [0.25, 0.3) is 0 Å².